The third kappa shape index (κ3) is 10.5. The van der Waals surface area contributed by atoms with Gasteiger partial charge in [0, 0.05) is 32.8 Å². The van der Waals surface area contributed by atoms with E-state index in [2.05, 4.69) is 81.8 Å². The van der Waals surface area contributed by atoms with Crippen LogP contribution in [0.1, 0.15) is 27.7 Å². The molecule has 0 unspecified atom stereocenters. The molecule has 4 heterocycles. The molecule has 1 N–H and O–H groups in total. The van der Waals surface area contributed by atoms with Gasteiger partial charge in [-0.2, -0.15) is 10.2 Å². The van der Waals surface area contributed by atoms with Gasteiger partial charge in [-0.25, -0.2) is 9.36 Å². The van der Waals surface area contributed by atoms with E-state index >= 15 is 0 Å². The van der Waals surface area contributed by atoms with Gasteiger partial charge in [-0.15, -0.1) is 0 Å². The highest BCUT2D eigenvalue weighted by Gasteiger charge is 2.52. The van der Waals surface area contributed by atoms with Gasteiger partial charge in [-0.1, -0.05) is 54.6 Å². The van der Waals surface area contributed by atoms with Gasteiger partial charge in [-0.3, -0.25) is 0 Å². The Morgan fingerprint density at radius 2 is 1.16 bits per heavy atom. The van der Waals surface area contributed by atoms with Crippen LogP contribution in [0.15, 0.2) is 143 Å². The minimum absolute atomic E-state index is 0.339. The fraction of sp³-hybridized carbons (Fsp3) is 0.176. The second-order valence-electron chi connectivity index (χ2n) is 10.9. The van der Waals surface area contributed by atoms with Crippen molar-refractivity contribution in [3.63, 3.8) is 0 Å². The molecule has 0 amide bonds. The van der Waals surface area contributed by atoms with Crippen LogP contribution in [0.3, 0.4) is 0 Å². The summed E-state index contributed by atoms with van der Waals surface area (Å²) in [7, 11) is -0.412. The van der Waals surface area contributed by atoms with E-state index in [0.717, 1.165) is 26.0 Å². The zero-order valence-electron chi connectivity index (χ0n) is 25.5. The molecular weight excluding hydrogens is 808 g/mol. The molecule has 1 aliphatic rings. The summed E-state index contributed by atoms with van der Waals surface area (Å²) in [6.07, 6.45) is 7.58. The topological polar surface area (TPSA) is 69.9 Å². The maximum absolute atomic E-state index is 6.00. The van der Waals surface area contributed by atoms with Crippen LogP contribution >= 0.6 is 54.5 Å². The normalized spacial score (nSPS) is 14.2. The number of H-pyrrole nitrogens is 1. The minimum Gasteiger partial charge on any atom is -0.398 e. The van der Waals surface area contributed by atoms with E-state index in [-0.39, 0.29) is 11.2 Å². The van der Waals surface area contributed by atoms with Gasteiger partial charge in [0.2, 0.25) is 0 Å². The molecule has 0 spiro atoms. The molecule has 1 saturated heterocycles. The first kappa shape index (κ1) is 34.9. The molecule has 1 fully saturated rings. The van der Waals surface area contributed by atoms with Gasteiger partial charge in [0.15, 0.2) is 0 Å². The summed E-state index contributed by atoms with van der Waals surface area (Å²) < 4.78 is 18.9. The molecule has 7 rings (SSSR count). The quantitative estimate of drug-likeness (QED) is 0.143. The molecule has 0 radical (unpaired) electrons. The number of benzene rings is 3. The molecule has 0 bridgehead atoms. The van der Waals surface area contributed by atoms with Gasteiger partial charge >= 0.3 is 7.12 Å². The number of aromatic amines is 1. The third-order valence-corrected chi connectivity index (χ3v) is 8.63. The largest absolute Gasteiger partial charge is 0.516 e. The molecule has 1 aliphatic heterocycles. The van der Waals surface area contributed by atoms with Gasteiger partial charge in [0.05, 0.1) is 28.2 Å². The van der Waals surface area contributed by atoms with E-state index in [4.69, 9.17) is 9.31 Å². The lowest BCUT2D eigenvalue weighted by Gasteiger charge is -2.32. The van der Waals surface area contributed by atoms with Crippen molar-refractivity contribution in [2.45, 2.75) is 38.9 Å². The molecule has 232 valence electrons. The Bertz CT molecular complexity index is 1680. The van der Waals surface area contributed by atoms with Crippen molar-refractivity contribution < 1.29 is 9.31 Å². The number of hydrogen-bond acceptors (Lipinski definition) is 4. The molecule has 45 heavy (non-hydrogen) atoms. The minimum atomic E-state index is -0.412. The Labute approximate surface area is 295 Å². The summed E-state index contributed by atoms with van der Waals surface area (Å²) in [5, 5.41) is 8.77. The fourth-order valence-corrected chi connectivity index (χ4v) is 4.87. The number of nitrogens with one attached hydrogen (secondary N) is 1. The van der Waals surface area contributed by atoms with E-state index in [1.54, 1.807) is 0 Å². The average molecular weight is 843 g/mol. The third-order valence-electron chi connectivity index (χ3n) is 7.00. The summed E-state index contributed by atoms with van der Waals surface area (Å²) in [6, 6.07) is 36.0. The van der Waals surface area contributed by atoms with Crippen LogP contribution < -0.4 is 5.59 Å². The Balaban J connectivity index is 0.000000155. The maximum atomic E-state index is 6.00. The van der Waals surface area contributed by atoms with Gasteiger partial charge < -0.3 is 14.3 Å². The summed E-state index contributed by atoms with van der Waals surface area (Å²) in [6.45, 7) is 8.17. The van der Waals surface area contributed by atoms with Crippen molar-refractivity contribution in [3.8, 4) is 11.4 Å². The lowest BCUT2D eigenvalue weighted by Crippen LogP contribution is -2.41. The smallest absolute Gasteiger partial charge is 0.398 e. The lowest BCUT2D eigenvalue weighted by atomic mass is 9.85. The second kappa shape index (κ2) is 16.6. The van der Waals surface area contributed by atoms with Gasteiger partial charge in [0.25, 0.3) is 0 Å². The Morgan fingerprint density at radius 1 is 0.667 bits per heavy atom. The summed E-state index contributed by atoms with van der Waals surface area (Å²) >= 11 is 8.83. The first-order valence-electron chi connectivity index (χ1n) is 14.3. The predicted octanol–water partition coefficient (Wildman–Crippen LogP) is 8.87. The van der Waals surface area contributed by atoms with Gasteiger partial charge in [0.1, 0.15) is 4.60 Å². The average Bonchev–Trinajstić information content (AvgIpc) is 3.84. The van der Waals surface area contributed by atoms with E-state index in [9.17, 15) is 0 Å². The number of para-hydroxylation sites is 2. The summed E-state index contributed by atoms with van der Waals surface area (Å²) in [4.78, 5) is 2.88. The molecule has 7 nitrogen and oxygen atoms in total. The van der Waals surface area contributed by atoms with Crippen LogP contribution in [-0.2, 0) is 9.31 Å². The monoisotopic (exact) mass is 841 g/mol. The molecule has 0 saturated carbocycles. The molecule has 11 heteroatoms. The standard InChI is InChI=1S/C15H19BN2O2.C9H7BrN2.C6H5I.C4H4BrN/c1-14(2)15(3,4)20-16(19-14)13-10-11-18(17-13)12-8-6-5-7-9-12;10-9-6-7-12(11-9)8-4-2-1-3-5-8;7-6-4-2-1-3-5-6;5-4-1-2-6-3-4/h5-11H,1-4H3;1-7H;1-5H;1-3,6H. The predicted molar refractivity (Wildman–Crippen MR) is 198 cm³/mol. The van der Waals surface area contributed by atoms with Crippen LogP contribution in [0.4, 0.5) is 0 Å². The zero-order chi connectivity index (χ0) is 32.3. The summed E-state index contributed by atoms with van der Waals surface area (Å²) in [5.41, 5.74) is 2.22. The van der Waals surface area contributed by atoms with Crippen molar-refractivity contribution >= 4 is 67.2 Å². The molecule has 0 atom stereocenters. The number of hydrogen-bond donors (Lipinski definition) is 1. The van der Waals surface area contributed by atoms with E-state index in [1.165, 1.54) is 3.57 Å². The Hall–Kier alpha value is -2.97. The molecule has 3 aromatic carbocycles. The highest BCUT2D eigenvalue weighted by molar-refractivity contribution is 14.1. The van der Waals surface area contributed by atoms with Crippen molar-refractivity contribution in [1.29, 1.82) is 0 Å². The number of nitrogens with zero attached hydrogens (tertiary/aromatic N) is 4. The van der Waals surface area contributed by atoms with Crippen LogP contribution in [-0.4, -0.2) is 42.9 Å². The Kier molecular flexibility index (Phi) is 12.8. The first-order chi connectivity index (χ1) is 21.5. The highest BCUT2D eigenvalue weighted by atomic mass is 127. The second-order valence-corrected chi connectivity index (χ2v) is 13.8. The van der Waals surface area contributed by atoms with Crippen molar-refractivity contribution in [2.75, 3.05) is 0 Å². The Morgan fingerprint density at radius 3 is 1.53 bits per heavy atom. The molecule has 6 aromatic rings. The van der Waals surface area contributed by atoms with Crippen LogP contribution in [0.25, 0.3) is 11.4 Å². The van der Waals surface area contributed by atoms with Crippen LogP contribution in [0.5, 0.6) is 0 Å². The van der Waals surface area contributed by atoms with Crippen LogP contribution in [0, 0.1) is 3.57 Å². The van der Waals surface area contributed by atoms with Gasteiger partial charge in [-0.05, 0) is 137 Å². The SMILES string of the molecule is Brc1cc[nH]c1.Brc1ccn(-c2ccccc2)n1.CC1(C)OB(c2ccn(-c3ccccc3)n2)OC1(C)C.Ic1ccccc1. The van der Waals surface area contributed by atoms with Crippen LogP contribution in [0.2, 0.25) is 0 Å². The highest BCUT2D eigenvalue weighted by Crippen LogP contribution is 2.36. The van der Waals surface area contributed by atoms with E-state index in [1.807, 2.05) is 159 Å². The van der Waals surface area contributed by atoms with E-state index in [0.29, 0.717) is 0 Å². The molecular formula is C34H35BBr2IN5O2. The van der Waals surface area contributed by atoms with Crippen molar-refractivity contribution in [3.05, 3.63) is 147 Å². The zero-order valence-corrected chi connectivity index (χ0v) is 30.8. The van der Waals surface area contributed by atoms with Crippen molar-refractivity contribution in [1.82, 2.24) is 24.5 Å². The molecule has 0 aliphatic carbocycles. The fourth-order valence-electron chi connectivity index (χ4n) is 3.90. The number of aromatic nitrogens is 5. The molecule has 3 aromatic heterocycles. The number of rotatable bonds is 3. The maximum Gasteiger partial charge on any atom is 0.516 e. The van der Waals surface area contributed by atoms with E-state index < -0.39 is 7.12 Å². The number of halogens is 3. The lowest BCUT2D eigenvalue weighted by molar-refractivity contribution is 0.00578. The summed E-state index contributed by atoms with van der Waals surface area (Å²) in [5.74, 6) is 0. The van der Waals surface area contributed by atoms with Crippen molar-refractivity contribution in [2.24, 2.45) is 0 Å². The first-order valence-corrected chi connectivity index (χ1v) is 16.9.